The first-order valence-electron chi connectivity index (χ1n) is 9.83. The van der Waals surface area contributed by atoms with Gasteiger partial charge in [-0.3, -0.25) is 4.79 Å². The Morgan fingerprint density at radius 2 is 2.14 bits per heavy atom. The van der Waals surface area contributed by atoms with E-state index in [1.807, 2.05) is 23.1 Å². The molecule has 0 bridgehead atoms. The summed E-state index contributed by atoms with van der Waals surface area (Å²) in [7, 11) is 0. The SMILES string of the molecule is C[C@H](NCC(=O)N1CCC[C@@H](c2nc3ccccc3s2)C1)c1ccc(F)cc1F. The molecule has 0 aliphatic carbocycles. The van der Waals surface area contributed by atoms with Crippen molar-refractivity contribution < 1.29 is 13.6 Å². The number of aromatic nitrogens is 1. The molecule has 1 aliphatic rings. The number of carbonyl (C=O) groups excluding carboxylic acids is 1. The van der Waals surface area contributed by atoms with E-state index in [1.54, 1.807) is 18.3 Å². The largest absolute Gasteiger partial charge is 0.341 e. The fourth-order valence-corrected chi connectivity index (χ4v) is 4.88. The van der Waals surface area contributed by atoms with Crippen LogP contribution in [0.2, 0.25) is 0 Å². The lowest BCUT2D eigenvalue weighted by Crippen LogP contribution is -2.43. The van der Waals surface area contributed by atoms with Gasteiger partial charge in [-0.2, -0.15) is 0 Å². The Labute approximate surface area is 172 Å². The van der Waals surface area contributed by atoms with Crippen molar-refractivity contribution in [2.45, 2.75) is 31.7 Å². The van der Waals surface area contributed by atoms with Gasteiger partial charge in [-0.1, -0.05) is 18.2 Å². The summed E-state index contributed by atoms with van der Waals surface area (Å²) in [6, 6.07) is 11.2. The van der Waals surface area contributed by atoms with Crippen LogP contribution in [0.5, 0.6) is 0 Å². The Morgan fingerprint density at radius 1 is 1.31 bits per heavy atom. The topological polar surface area (TPSA) is 45.2 Å². The number of hydrogen-bond acceptors (Lipinski definition) is 4. The Kier molecular flexibility index (Phi) is 5.87. The van der Waals surface area contributed by atoms with Crippen molar-refractivity contribution in [2.75, 3.05) is 19.6 Å². The number of halogens is 2. The monoisotopic (exact) mass is 415 g/mol. The molecule has 2 atom stereocenters. The summed E-state index contributed by atoms with van der Waals surface area (Å²) in [6.45, 7) is 3.26. The minimum Gasteiger partial charge on any atom is -0.341 e. The lowest BCUT2D eigenvalue weighted by Gasteiger charge is -2.32. The van der Waals surface area contributed by atoms with Crippen LogP contribution in [0, 0.1) is 11.6 Å². The molecule has 1 aliphatic heterocycles. The van der Waals surface area contributed by atoms with E-state index < -0.39 is 11.6 Å². The highest BCUT2D eigenvalue weighted by molar-refractivity contribution is 7.18. The first-order chi connectivity index (χ1) is 14.0. The minimum atomic E-state index is -0.608. The molecule has 1 N–H and O–H groups in total. The number of hydrogen-bond donors (Lipinski definition) is 1. The number of thiazole rings is 1. The van der Waals surface area contributed by atoms with Crippen molar-refractivity contribution in [3.8, 4) is 0 Å². The Bertz CT molecular complexity index is 989. The first-order valence-corrected chi connectivity index (χ1v) is 10.6. The van der Waals surface area contributed by atoms with Gasteiger partial charge in [0, 0.05) is 36.7 Å². The average Bonchev–Trinajstić information content (AvgIpc) is 3.16. The zero-order valence-electron chi connectivity index (χ0n) is 16.2. The molecule has 1 saturated heterocycles. The summed E-state index contributed by atoms with van der Waals surface area (Å²) >= 11 is 1.70. The lowest BCUT2D eigenvalue weighted by molar-refractivity contribution is -0.131. The molecule has 3 aromatic rings. The maximum absolute atomic E-state index is 13.9. The van der Waals surface area contributed by atoms with E-state index >= 15 is 0 Å². The third-order valence-corrected chi connectivity index (χ3v) is 6.62. The average molecular weight is 416 g/mol. The standard InChI is InChI=1S/C22H23F2N3OS/c1-14(17-9-8-16(23)11-18(17)24)25-12-21(28)27-10-4-5-15(13-27)22-26-19-6-2-3-7-20(19)29-22/h2-3,6-9,11,14-15,25H,4-5,10,12-13H2,1H3/t14-,15+/m0/s1. The second-order valence-corrected chi connectivity index (χ2v) is 8.53. The number of rotatable bonds is 5. The zero-order valence-corrected chi connectivity index (χ0v) is 17.0. The van der Waals surface area contributed by atoms with E-state index in [0.29, 0.717) is 12.1 Å². The van der Waals surface area contributed by atoms with Gasteiger partial charge >= 0.3 is 0 Å². The molecule has 1 amide bonds. The number of para-hydroxylation sites is 1. The van der Waals surface area contributed by atoms with Crippen LogP contribution in [0.15, 0.2) is 42.5 Å². The number of nitrogens with one attached hydrogen (secondary N) is 1. The van der Waals surface area contributed by atoms with E-state index in [4.69, 9.17) is 4.98 Å². The minimum absolute atomic E-state index is 0.00909. The van der Waals surface area contributed by atoms with Crippen LogP contribution in [-0.2, 0) is 4.79 Å². The number of benzene rings is 2. The number of amides is 1. The Hall–Kier alpha value is -2.38. The normalized spacial score (nSPS) is 18.2. The highest BCUT2D eigenvalue weighted by Crippen LogP contribution is 2.33. The van der Waals surface area contributed by atoms with Crippen molar-refractivity contribution in [1.82, 2.24) is 15.2 Å². The van der Waals surface area contributed by atoms with Crippen molar-refractivity contribution in [1.29, 1.82) is 0 Å². The number of carbonyl (C=O) groups is 1. The predicted molar refractivity (Wildman–Crippen MR) is 111 cm³/mol. The van der Waals surface area contributed by atoms with Crippen LogP contribution < -0.4 is 5.32 Å². The summed E-state index contributed by atoms with van der Waals surface area (Å²) in [6.07, 6.45) is 1.96. The van der Waals surface area contributed by atoms with Gasteiger partial charge in [-0.25, -0.2) is 13.8 Å². The van der Waals surface area contributed by atoms with Gasteiger partial charge in [-0.15, -0.1) is 11.3 Å². The summed E-state index contributed by atoms with van der Waals surface area (Å²) in [5.74, 6) is -0.975. The summed E-state index contributed by atoms with van der Waals surface area (Å²) in [5, 5.41) is 4.15. The van der Waals surface area contributed by atoms with E-state index in [-0.39, 0.29) is 24.4 Å². The smallest absolute Gasteiger partial charge is 0.236 e. The van der Waals surface area contributed by atoms with Crippen LogP contribution in [0.3, 0.4) is 0 Å². The fraction of sp³-hybridized carbons (Fsp3) is 0.364. The lowest BCUT2D eigenvalue weighted by atomic mass is 9.98. The Morgan fingerprint density at radius 3 is 2.93 bits per heavy atom. The molecule has 0 saturated carbocycles. The molecule has 152 valence electrons. The molecule has 2 aromatic carbocycles. The van der Waals surface area contributed by atoms with Gasteiger partial charge < -0.3 is 10.2 Å². The van der Waals surface area contributed by atoms with E-state index in [1.165, 1.54) is 16.8 Å². The molecular formula is C22H23F2N3OS. The van der Waals surface area contributed by atoms with Crippen molar-refractivity contribution in [2.24, 2.45) is 0 Å². The van der Waals surface area contributed by atoms with Gasteiger partial charge in [0.1, 0.15) is 11.6 Å². The molecule has 7 heteroatoms. The number of nitrogens with zero attached hydrogens (tertiary/aromatic N) is 2. The van der Waals surface area contributed by atoms with Crippen molar-refractivity contribution in [3.05, 3.63) is 64.7 Å². The molecule has 1 fully saturated rings. The van der Waals surface area contributed by atoms with Crippen LogP contribution >= 0.6 is 11.3 Å². The molecule has 0 unspecified atom stereocenters. The summed E-state index contributed by atoms with van der Waals surface area (Å²) in [4.78, 5) is 19.3. The van der Waals surface area contributed by atoms with Crippen LogP contribution in [0.25, 0.3) is 10.2 Å². The van der Waals surface area contributed by atoms with Gasteiger partial charge in [0.05, 0.1) is 21.8 Å². The Balaban J connectivity index is 1.37. The van der Waals surface area contributed by atoms with Crippen molar-refractivity contribution in [3.63, 3.8) is 0 Å². The first kappa shape index (κ1) is 19.9. The van der Waals surface area contributed by atoms with Crippen molar-refractivity contribution >= 4 is 27.5 Å². The van der Waals surface area contributed by atoms with Crippen LogP contribution in [0.4, 0.5) is 8.78 Å². The fourth-order valence-electron chi connectivity index (χ4n) is 3.78. The second-order valence-electron chi connectivity index (χ2n) is 7.47. The van der Waals surface area contributed by atoms with Gasteiger partial charge in [0.2, 0.25) is 5.91 Å². The van der Waals surface area contributed by atoms with Gasteiger partial charge in [-0.05, 0) is 38.0 Å². The molecule has 0 radical (unpaired) electrons. The van der Waals surface area contributed by atoms with E-state index in [0.717, 1.165) is 36.0 Å². The maximum Gasteiger partial charge on any atom is 0.236 e. The molecule has 2 heterocycles. The molecule has 0 spiro atoms. The molecule has 4 nitrogen and oxygen atoms in total. The maximum atomic E-state index is 13.9. The number of likely N-dealkylation sites (tertiary alicyclic amines) is 1. The van der Waals surface area contributed by atoms with Gasteiger partial charge in [0.25, 0.3) is 0 Å². The van der Waals surface area contributed by atoms with E-state index in [9.17, 15) is 13.6 Å². The third-order valence-electron chi connectivity index (χ3n) is 5.42. The molecule has 29 heavy (non-hydrogen) atoms. The molecule has 4 rings (SSSR count). The second kappa shape index (κ2) is 8.55. The number of fused-ring (bicyclic) bond motifs is 1. The summed E-state index contributed by atoms with van der Waals surface area (Å²) in [5.41, 5.74) is 1.36. The van der Waals surface area contributed by atoms with E-state index in [2.05, 4.69) is 11.4 Å². The third kappa shape index (κ3) is 4.46. The summed E-state index contributed by atoms with van der Waals surface area (Å²) < 4.78 is 28.2. The molecular weight excluding hydrogens is 392 g/mol. The highest BCUT2D eigenvalue weighted by Gasteiger charge is 2.27. The zero-order chi connectivity index (χ0) is 20.4. The highest BCUT2D eigenvalue weighted by atomic mass is 32.1. The number of piperidine rings is 1. The van der Waals surface area contributed by atoms with Crippen LogP contribution in [-0.4, -0.2) is 35.4 Å². The molecule has 1 aromatic heterocycles. The van der Waals surface area contributed by atoms with Crippen LogP contribution in [0.1, 0.15) is 42.3 Å². The predicted octanol–water partition coefficient (Wildman–Crippen LogP) is 4.63. The van der Waals surface area contributed by atoms with Gasteiger partial charge in [0.15, 0.2) is 0 Å². The quantitative estimate of drug-likeness (QED) is 0.661.